The van der Waals surface area contributed by atoms with E-state index in [2.05, 4.69) is 20.6 Å². The number of alkyl halides is 2. The van der Waals surface area contributed by atoms with Crippen LogP contribution in [0.4, 0.5) is 20.4 Å². The minimum Gasteiger partial charge on any atom is -0.402 e. The summed E-state index contributed by atoms with van der Waals surface area (Å²) in [4.78, 5) is 20.1. The molecule has 0 saturated heterocycles. The van der Waals surface area contributed by atoms with Crippen LogP contribution in [0.15, 0.2) is 18.0 Å². The second-order valence-electron chi connectivity index (χ2n) is 7.15. The molecule has 1 amide bonds. The number of primary amides is 1. The molecule has 0 spiro atoms. The van der Waals surface area contributed by atoms with Gasteiger partial charge < -0.3 is 27.8 Å². The van der Waals surface area contributed by atoms with E-state index in [0.29, 0.717) is 24.5 Å². The first-order valence-corrected chi connectivity index (χ1v) is 9.43. The molecule has 0 radical (unpaired) electrons. The van der Waals surface area contributed by atoms with Gasteiger partial charge in [-0.1, -0.05) is 12.2 Å². The van der Waals surface area contributed by atoms with Crippen molar-refractivity contribution in [1.82, 2.24) is 9.97 Å². The summed E-state index contributed by atoms with van der Waals surface area (Å²) in [6, 6.07) is -2.03. The van der Waals surface area contributed by atoms with E-state index in [4.69, 9.17) is 29.4 Å². The first kappa shape index (κ1) is 20.3. The maximum absolute atomic E-state index is 13.9. The van der Waals surface area contributed by atoms with Crippen molar-refractivity contribution in [3.63, 3.8) is 0 Å². The molecule has 2 aliphatic carbocycles. The molecule has 2 aliphatic rings. The van der Waals surface area contributed by atoms with Gasteiger partial charge in [-0.15, -0.1) is 0 Å². The molecule has 1 aromatic heterocycles. The Balaban J connectivity index is 1.78. The molecular formula is C17H23F2N7OS. The molecule has 11 heteroatoms. The molecule has 3 rings (SSSR count). The number of nitrogens with two attached hydrogens (primary N) is 3. The lowest BCUT2D eigenvalue weighted by Crippen LogP contribution is -2.55. The molecule has 2 unspecified atom stereocenters. The number of carbonyl (C=O) groups excluding carboxylic acids is 1. The molecule has 8 nitrogen and oxygen atoms in total. The number of hydrogen-bond donors (Lipinski definition) is 5. The van der Waals surface area contributed by atoms with Crippen molar-refractivity contribution in [2.24, 2.45) is 23.1 Å². The van der Waals surface area contributed by atoms with Crippen LogP contribution < -0.4 is 27.8 Å². The van der Waals surface area contributed by atoms with Crippen LogP contribution in [0.3, 0.4) is 0 Å². The van der Waals surface area contributed by atoms with E-state index in [0.717, 1.165) is 12.8 Å². The number of nitrogens with zero attached hydrogens (tertiary/aromatic N) is 2. The number of halogens is 2. The number of nitrogens with one attached hydrogen (secondary N) is 2. The average Bonchev–Trinajstić information content (AvgIpc) is 3.44. The Hall–Kier alpha value is -2.40. The molecule has 0 bridgehead atoms. The van der Waals surface area contributed by atoms with Gasteiger partial charge in [-0.05, 0) is 37.7 Å². The SMILES string of the molecule is NC(=O)c1ncc(NC2CCCC(F)(F)C2N)nc1NC(=S)/C=C(\N)C1CC1. The van der Waals surface area contributed by atoms with Crippen LogP contribution in [0.2, 0.25) is 0 Å². The standard InChI is InChI=1S/C17H23F2N7OS/c18-17(19)5-1-2-10(14(17)21)24-11-7-23-13(15(22)27)16(25-11)26-12(28)6-9(20)8-3-4-8/h6-8,10,14H,1-5,20-21H2,(H2,22,27)(H2,24,25,26,28)/b9-6-. The molecule has 152 valence electrons. The third-order valence-corrected chi connectivity index (χ3v) is 5.09. The zero-order chi connectivity index (χ0) is 20.5. The summed E-state index contributed by atoms with van der Waals surface area (Å²) < 4.78 is 27.7. The first-order valence-electron chi connectivity index (χ1n) is 9.02. The van der Waals surface area contributed by atoms with Gasteiger partial charge in [0.15, 0.2) is 11.5 Å². The van der Waals surface area contributed by atoms with Crippen molar-refractivity contribution < 1.29 is 13.6 Å². The Bertz CT molecular complexity index is 813. The zero-order valence-corrected chi connectivity index (χ0v) is 15.9. The van der Waals surface area contributed by atoms with Crippen LogP contribution in [0, 0.1) is 5.92 Å². The fourth-order valence-electron chi connectivity index (χ4n) is 3.11. The minimum absolute atomic E-state index is 0.0264. The van der Waals surface area contributed by atoms with Crippen molar-refractivity contribution in [2.75, 3.05) is 10.6 Å². The van der Waals surface area contributed by atoms with Gasteiger partial charge in [0, 0.05) is 18.2 Å². The van der Waals surface area contributed by atoms with Gasteiger partial charge in [-0.2, -0.15) is 0 Å². The fraction of sp³-hybridized carbons (Fsp3) is 0.529. The number of carbonyl (C=O) groups is 1. The van der Waals surface area contributed by atoms with Crippen LogP contribution in [-0.4, -0.2) is 38.9 Å². The highest BCUT2D eigenvalue weighted by Gasteiger charge is 2.44. The van der Waals surface area contributed by atoms with E-state index in [1.165, 1.54) is 6.20 Å². The predicted molar refractivity (Wildman–Crippen MR) is 106 cm³/mol. The van der Waals surface area contributed by atoms with Gasteiger partial charge in [-0.25, -0.2) is 18.7 Å². The number of anilines is 2. The Morgan fingerprint density at radius 2 is 2.04 bits per heavy atom. The number of rotatable bonds is 6. The van der Waals surface area contributed by atoms with E-state index >= 15 is 0 Å². The normalized spacial score (nSPS) is 24.5. The molecule has 0 aliphatic heterocycles. The summed E-state index contributed by atoms with van der Waals surface area (Å²) in [7, 11) is 0. The van der Waals surface area contributed by atoms with E-state index in [1.807, 2.05) is 0 Å². The maximum atomic E-state index is 13.9. The fourth-order valence-corrected chi connectivity index (χ4v) is 3.35. The number of aromatic nitrogens is 2. The Morgan fingerprint density at radius 3 is 2.68 bits per heavy atom. The molecule has 2 fully saturated rings. The lowest BCUT2D eigenvalue weighted by Gasteiger charge is -2.36. The topological polar surface area (TPSA) is 145 Å². The molecule has 8 N–H and O–H groups in total. The third-order valence-electron chi connectivity index (χ3n) is 4.87. The smallest absolute Gasteiger partial charge is 0.271 e. The number of allylic oxidation sites excluding steroid dienone is 1. The zero-order valence-electron chi connectivity index (χ0n) is 15.1. The summed E-state index contributed by atoms with van der Waals surface area (Å²) in [5.74, 6) is -3.22. The summed E-state index contributed by atoms with van der Waals surface area (Å²) >= 11 is 5.23. The molecule has 1 heterocycles. The summed E-state index contributed by atoms with van der Waals surface area (Å²) in [6.45, 7) is 0. The molecule has 2 atom stereocenters. The van der Waals surface area contributed by atoms with Crippen LogP contribution in [-0.2, 0) is 0 Å². The highest BCUT2D eigenvalue weighted by molar-refractivity contribution is 7.81. The van der Waals surface area contributed by atoms with Crippen LogP contribution in [0.25, 0.3) is 0 Å². The Labute approximate surface area is 166 Å². The second kappa shape index (κ2) is 7.92. The van der Waals surface area contributed by atoms with Gasteiger partial charge in [0.25, 0.3) is 11.8 Å². The quantitative estimate of drug-likeness (QED) is 0.350. The Kier molecular flexibility index (Phi) is 5.75. The maximum Gasteiger partial charge on any atom is 0.271 e. The van der Waals surface area contributed by atoms with Gasteiger partial charge >= 0.3 is 0 Å². The van der Waals surface area contributed by atoms with E-state index in [1.54, 1.807) is 6.08 Å². The lowest BCUT2D eigenvalue weighted by atomic mass is 9.87. The summed E-state index contributed by atoms with van der Waals surface area (Å²) in [6.07, 6.45) is 5.45. The first-order chi connectivity index (χ1) is 13.2. The third kappa shape index (κ3) is 4.71. The molecule has 28 heavy (non-hydrogen) atoms. The lowest BCUT2D eigenvalue weighted by molar-refractivity contribution is -0.0554. The molecule has 0 aromatic carbocycles. The van der Waals surface area contributed by atoms with Crippen LogP contribution in [0.5, 0.6) is 0 Å². The average molecular weight is 411 g/mol. The van der Waals surface area contributed by atoms with Gasteiger partial charge in [0.2, 0.25) is 0 Å². The van der Waals surface area contributed by atoms with Gasteiger partial charge in [0.1, 0.15) is 10.8 Å². The highest BCUT2D eigenvalue weighted by Crippen LogP contribution is 2.34. The van der Waals surface area contributed by atoms with Crippen molar-refractivity contribution in [2.45, 2.75) is 50.1 Å². The molecule has 2 saturated carbocycles. The van der Waals surface area contributed by atoms with Gasteiger partial charge in [0.05, 0.1) is 12.2 Å². The number of amides is 1. The second-order valence-corrected chi connectivity index (χ2v) is 7.59. The number of hydrogen-bond acceptors (Lipinski definition) is 7. The van der Waals surface area contributed by atoms with Crippen molar-refractivity contribution in [3.8, 4) is 0 Å². The minimum atomic E-state index is -2.95. The molecule has 1 aromatic rings. The largest absolute Gasteiger partial charge is 0.402 e. The van der Waals surface area contributed by atoms with E-state index < -0.39 is 23.9 Å². The predicted octanol–water partition coefficient (Wildman–Crippen LogP) is 1.49. The van der Waals surface area contributed by atoms with Crippen molar-refractivity contribution in [3.05, 3.63) is 23.7 Å². The monoisotopic (exact) mass is 411 g/mol. The molecular weight excluding hydrogens is 388 g/mol. The van der Waals surface area contributed by atoms with Crippen LogP contribution in [0.1, 0.15) is 42.6 Å². The van der Waals surface area contributed by atoms with Crippen LogP contribution >= 0.6 is 12.2 Å². The van der Waals surface area contributed by atoms with Crippen molar-refractivity contribution >= 4 is 34.7 Å². The van der Waals surface area contributed by atoms with Crippen molar-refractivity contribution in [1.29, 1.82) is 0 Å². The Morgan fingerprint density at radius 1 is 1.32 bits per heavy atom. The highest BCUT2D eigenvalue weighted by atomic mass is 32.1. The summed E-state index contributed by atoms with van der Waals surface area (Å²) in [5.41, 5.74) is 17.5. The van der Waals surface area contributed by atoms with E-state index in [-0.39, 0.29) is 28.7 Å². The number of thiocarbonyl (C=S) groups is 1. The van der Waals surface area contributed by atoms with Gasteiger partial charge in [-0.3, -0.25) is 4.79 Å². The van der Waals surface area contributed by atoms with E-state index in [9.17, 15) is 13.6 Å². The summed E-state index contributed by atoms with van der Waals surface area (Å²) in [5, 5.41) is 5.67.